The average Bonchev–Trinajstić information content (AvgIpc) is 2.71. The summed E-state index contributed by atoms with van der Waals surface area (Å²) in [6.45, 7) is 0. The van der Waals surface area contributed by atoms with Crippen molar-refractivity contribution < 1.29 is 23.9 Å². The van der Waals surface area contributed by atoms with Crippen LogP contribution in [0.1, 0.15) is 17.5 Å². The predicted molar refractivity (Wildman–Crippen MR) is 96.5 cm³/mol. The first kappa shape index (κ1) is 19.1. The van der Waals surface area contributed by atoms with Crippen molar-refractivity contribution in [1.29, 1.82) is 0 Å². The number of carbonyl (C=O) groups is 3. The third-order valence-electron chi connectivity index (χ3n) is 4.17. The Balaban J connectivity index is 2.67. The summed E-state index contributed by atoms with van der Waals surface area (Å²) in [6, 6.07) is 17.9. The summed E-state index contributed by atoms with van der Waals surface area (Å²) in [4.78, 5) is 36.7. The van der Waals surface area contributed by atoms with Crippen LogP contribution in [0, 0.1) is 0 Å². The van der Waals surface area contributed by atoms with Gasteiger partial charge in [-0.3, -0.25) is 4.79 Å². The minimum Gasteiger partial charge on any atom is -0.466 e. The van der Waals surface area contributed by atoms with Gasteiger partial charge in [-0.25, -0.2) is 9.59 Å². The highest BCUT2D eigenvalue weighted by atomic mass is 16.5. The molecule has 0 fully saturated rings. The van der Waals surface area contributed by atoms with Gasteiger partial charge in [0.2, 0.25) is 0 Å². The predicted octanol–water partition coefficient (Wildman–Crippen LogP) is 2.83. The largest absolute Gasteiger partial charge is 0.466 e. The van der Waals surface area contributed by atoms with Crippen molar-refractivity contribution in [2.75, 3.05) is 14.2 Å². The summed E-state index contributed by atoms with van der Waals surface area (Å²) in [5.41, 5.74) is -0.0348. The number of benzene rings is 2. The van der Waals surface area contributed by atoms with Crippen LogP contribution in [0.15, 0.2) is 72.8 Å². The summed E-state index contributed by atoms with van der Waals surface area (Å²) >= 11 is 0. The second kappa shape index (κ2) is 8.76. The molecule has 2 rings (SSSR count). The van der Waals surface area contributed by atoms with E-state index in [9.17, 15) is 14.4 Å². The van der Waals surface area contributed by atoms with E-state index in [1.165, 1.54) is 26.4 Å². The van der Waals surface area contributed by atoms with Gasteiger partial charge in [0, 0.05) is 6.08 Å². The van der Waals surface area contributed by atoms with Gasteiger partial charge in [0.1, 0.15) is 0 Å². The molecule has 0 heterocycles. The SMILES string of the molecule is COC(=O)/C=C/CC(C(=O)C(=O)OC)(c1ccccc1)c1ccccc1. The number of Topliss-reactive ketones (excluding diaryl/α,β-unsaturated/α-hetero) is 1. The number of carbonyl (C=O) groups excluding carboxylic acids is 3. The number of esters is 2. The molecule has 0 aliphatic heterocycles. The number of rotatable bonds is 7. The van der Waals surface area contributed by atoms with E-state index in [1.54, 1.807) is 48.5 Å². The molecular formula is C21H20O5. The number of methoxy groups -OCH3 is 2. The Kier molecular flexibility index (Phi) is 6.44. The van der Waals surface area contributed by atoms with Gasteiger partial charge < -0.3 is 9.47 Å². The topological polar surface area (TPSA) is 69.7 Å². The van der Waals surface area contributed by atoms with Gasteiger partial charge >= 0.3 is 11.9 Å². The monoisotopic (exact) mass is 352 g/mol. The highest BCUT2D eigenvalue weighted by Gasteiger charge is 2.45. The van der Waals surface area contributed by atoms with Crippen molar-refractivity contribution in [2.24, 2.45) is 0 Å². The third-order valence-corrected chi connectivity index (χ3v) is 4.17. The third kappa shape index (κ3) is 3.88. The molecule has 0 atom stereocenters. The van der Waals surface area contributed by atoms with Gasteiger partial charge in [-0.15, -0.1) is 0 Å². The van der Waals surface area contributed by atoms with E-state index in [2.05, 4.69) is 4.74 Å². The summed E-state index contributed by atoms with van der Waals surface area (Å²) in [7, 11) is 2.44. The van der Waals surface area contributed by atoms with E-state index in [4.69, 9.17) is 4.74 Å². The number of ketones is 1. The van der Waals surface area contributed by atoms with Gasteiger partial charge in [-0.2, -0.15) is 0 Å². The van der Waals surface area contributed by atoms with E-state index in [-0.39, 0.29) is 6.42 Å². The summed E-state index contributed by atoms with van der Waals surface area (Å²) in [6.07, 6.45) is 2.88. The Bertz CT molecular complexity index is 754. The zero-order chi connectivity index (χ0) is 19.0. The lowest BCUT2D eigenvalue weighted by Crippen LogP contribution is -2.42. The fourth-order valence-corrected chi connectivity index (χ4v) is 2.87. The van der Waals surface area contributed by atoms with Crippen molar-refractivity contribution in [2.45, 2.75) is 11.8 Å². The molecule has 0 amide bonds. The Labute approximate surface area is 152 Å². The summed E-state index contributed by atoms with van der Waals surface area (Å²) in [5.74, 6) is -2.18. The summed E-state index contributed by atoms with van der Waals surface area (Å²) in [5, 5.41) is 0. The molecule has 5 heteroatoms. The van der Waals surface area contributed by atoms with E-state index < -0.39 is 23.1 Å². The lowest BCUT2D eigenvalue weighted by Gasteiger charge is -2.31. The normalized spacial score (nSPS) is 11.2. The van der Waals surface area contributed by atoms with E-state index in [0.29, 0.717) is 11.1 Å². The molecule has 0 aliphatic carbocycles. The molecule has 2 aromatic carbocycles. The number of hydrogen-bond donors (Lipinski definition) is 0. The van der Waals surface area contributed by atoms with Gasteiger partial charge in [-0.05, 0) is 17.5 Å². The molecule has 0 saturated heterocycles. The van der Waals surface area contributed by atoms with Crippen molar-refractivity contribution in [3.63, 3.8) is 0 Å². The minimum absolute atomic E-state index is 0.101. The fourth-order valence-electron chi connectivity index (χ4n) is 2.87. The highest BCUT2D eigenvalue weighted by molar-refractivity contribution is 6.38. The average molecular weight is 352 g/mol. The van der Waals surface area contributed by atoms with E-state index in [0.717, 1.165) is 0 Å². The number of hydrogen-bond acceptors (Lipinski definition) is 5. The van der Waals surface area contributed by atoms with Gasteiger partial charge in [-0.1, -0.05) is 66.7 Å². The maximum atomic E-state index is 13.1. The molecular weight excluding hydrogens is 332 g/mol. The first-order chi connectivity index (χ1) is 12.6. The Morgan fingerprint density at radius 1 is 0.846 bits per heavy atom. The van der Waals surface area contributed by atoms with Crippen molar-refractivity contribution in [3.8, 4) is 0 Å². The molecule has 5 nitrogen and oxygen atoms in total. The van der Waals surface area contributed by atoms with Gasteiger partial charge in [0.15, 0.2) is 0 Å². The first-order valence-electron chi connectivity index (χ1n) is 8.04. The van der Waals surface area contributed by atoms with Crippen LogP contribution in [0.25, 0.3) is 0 Å². The molecule has 26 heavy (non-hydrogen) atoms. The molecule has 0 N–H and O–H groups in total. The van der Waals surface area contributed by atoms with Crippen molar-refractivity contribution in [1.82, 2.24) is 0 Å². The van der Waals surface area contributed by atoms with Crippen molar-refractivity contribution >= 4 is 17.7 Å². The van der Waals surface area contributed by atoms with E-state index in [1.807, 2.05) is 12.1 Å². The second-order valence-electron chi connectivity index (χ2n) is 5.59. The minimum atomic E-state index is -1.31. The zero-order valence-electron chi connectivity index (χ0n) is 14.7. The molecule has 0 spiro atoms. The number of ether oxygens (including phenoxy) is 2. The molecule has 2 aromatic rings. The second-order valence-corrected chi connectivity index (χ2v) is 5.59. The molecule has 0 bridgehead atoms. The standard InChI is InChI=1S/C21H20O5/c1-25-18(22)14-9-15-21(19(23)20(24)26-2,16-10-5-3-6-11-16)17-12-7-4-8-13-17/h3-14H,15H2,1-2H3/b14-9+. The van der Waals surface area contributed by atoms with Crippen LogP contribution in [0.4, 0.5) is 0 Å². The van der Waals surface area contributed by atoms with Gasteiger partial charge in [0.25, 0.3) is 5.78 Å². The quantitative estimate of drug-likeness (QED) is 0.435. The molecule has 0 aliphatic rings. The Morgan fingerprint density at radius 3 is 1.77 bits per heavy atom. The molecule has 0 unspecified atom stereocenters. The lowest BCUT2D eigenvalue weighted by molar-refractivity contribution is -0.153. The van der Waals surface area contributed by atoms with Crippen LogP contribution >= 0.6 is 0 Å². The maximum absolute atomic E-state index is 13.1. The van der Waals surface area contributed by atoms with Gasteiger partial charge in [0.05, 0.1) is 19.6 Å². The van der Waals surface area contributed by atoms with Crippen LogP contribution in [0.2, 0.25) is 0 Å². The van der Waals surface area contributed by atoms with Crippen LogP contribution in [0.3, 0.4) is 0 Å². The van der Waals surface area contributed by atoms with Crippen LogP contribution in [-0.2, 0) is 29.3 Å². The van der Waals surface area contributed by atoms with Crippen LogP contribution < -0.4 is 0 Å². The zero-order valence-corrected chi connectivity index (χ0v) is 14.7. The summed E-state index contributed by atoms with van der Waals surface area (Å²) < 4.78 is 9.31. The molecule has 134 valence electrons. The molecule has 0 radical (unpaired) electrons. The Morgan fingerprint density at radius 2 is 1.35 bits per heavy atom. The molecule has 0 aromatic heterocycles. The fraction of sp³-hybridized carbons (Fsp3) is 0.190. The van der Waals surface area contributed by atoms with E-state index >= 15 is 0 Å². The molecule has 0 saturated carbocycles. The Hall–Kier alpha value is -3.21. The first-order valence-corrected chi connectivity index (χ1v) is 8.04. The smallest absolute Gasteiger partial charge is 0.375 e. The number of allylic oxidation sites excluding steroid dienone is 1. The van der Waals surface area contributed by atoms with Crippen LogP contribution in [-0.4, -0.2) is 31.9 Å². The highest BCUT2D eigenvalue weighted by Crippen LogP contribution is 2.37. The maximum Gasteiger partial charge on any atom is 0.375 e. The van der Waals surface area contributed by atoms with Crippen molar-refractivity contribution in [3.05, 3.63) is 83.9 Å². The van der Waals surface area contributed by atoms with Crippen LogP contribution in [0.5, 0.6) is 0 Å². The lowest BCUT2D eigenvalue weighted by atomic mass is 9.69.